The van der Waals surface area contributed by atoms with Crippen LogP contribution in [0.25, 0.3) is 0 Å². The van der Waals surface area contributed by atoms with Crippen LogP contribution in [0.2, 0.25) is 10.2 Å². The third kappa shape index (κ3) is 3.81. The van der Waals surface area contributed by atoms with E-state index in [1.54, 1.807) is 0 Å². The Labute approximate surface area is 122 Å². The summed E-state index contributed by atoms with van der Waals surface area (Å²) in [5, 5.41) is 13.1. The maximum atomic E-state index is 11.9. The molecule has 19 heavy (non-hydrogen) atoms. The fourth-order valence-corrected chi connectivity index (χ4v) is 2.57. The Morgan fingerprint density at radius 2 is 2.16 bits per heavy atom. The molecule has 0 bridgehead atoms. The van der Waals surface area contributed by atoms with E-state index < -0.39 is 0 Å². The number of amides is 1. The van der Waals surface area contributed by atoms with E-state index in [0.717, 1.165) is 25.7 Å². The van der Waals surface area contributed by atoms with Crippen LogP contribution in [0, 0.1) is 5.92 Å². The molecule has 0 spiro atoms. The largest absolute Gasteiger partial charge is 0.393 e. The molecule has 0 aliphatic heterocycles. The SMILES string of the molecule is O=C(NCC1CCCCC1O)c1cnc(Cl)c(Cl)c1. The fraction of sp³-hybridized carbons (Fsp3) is 0.538. The highest BCUT2D eigenvalue weighted by molar-refractivity contribution is 6.41. The molecule has 1 amide bonds. The maximum Gasteiger partial charge on any atom is 0.252 e. The van der Waals surface area contributed by atoms with Crippen LogP contribution >= 0.6 is 23.2 Å². The molecule has 104 valence electrons. The van der Waals surface area contributed by atoms with Gasteiger partial charge in [0.05, 0.1) is 16.7 Å². The lowest BCUT2D eigenvalue weighted by Crippen LogP contribution is -2.36. The molecule has 2 rings (SSSR count). The first-order chi connectivity index (χ1) is 9.08. The van der Waals surface area contributed by atoms with E-state index in [0.29, 0.717) is 12.1 Å². The topological polar surface area (TPSA) is 62.2 Å². The van der Waals surface area contributed by atoms with Crippen LogP contribution in [0.3, 0.4) is 0 Å². The third-order valence-corrected chi connectivity index (χ3v) is 4.14. The number of carbonyl (C=O) groups is 1. The van der Waals surface area contributed by atoms with Gasteiger partial charge in [0, 0.05) is 18.7 Å². The zero-order chi connectivity index (χ0) is 13.8. The van der Waals surface area contributed by atoms with Crippen LogP contribution in [0.4, 0.5) is 0 Å². The van der Waals surface area contributed by atoms with E-state index in [1.165, 1.54) is 12.3 Å². The predicted molar refractivity (Wildman–Crippen MR) is 74.6 cm³/mol. The summed E-state index contributed by atoms with van der Waals surface area (Å²) in [5.74, 6) is -0.114. The number of pyridine rings is 1. The van der Waals surface area contributed by atoms with Gasteiger partial charge in [-0.2, -0.15) is 0 Å². The normalized spacial score (nSPS) is 23.1. The van der Waals surface area contributed by atoms with E-state index in [2.05, 4.69) is 10.3 Å². The van der Waals surface area contributed by atoms with Gasteiger partial charge in [-0.05, 0) is 18.9 Å². The van der Waals surface area contributed by atoms with Crippen LogP contribution in [-0.2, 0) is 0 Å². The van der Waals surface area contributed by atoms with E-state index in [-0.39, 0.29) is 28.1 Å². The molecule has 2 atom stereocenters. The average molecular weight is 303 g/mol. The van der Waals surface area contributed by atoms with Crippen molar-refractivity contribution in [3.8, 4) is 0 Å². The van der Waals surface area contributed by atoms with Crippen molar-refractivity contribution in [2.24, 2.45) is 5.92 Å². The van der Waals surface area contributed by atoms with Gasteiger partial charge in [-0.15, -0.1) is 0 Å². The van der Waals surface area contributed by atoms with E-state index in [9.17, 15) is 9.90 Å². The first-order valence-electron chi connectivity index (χ1n) is 6.35. The van der Waals surface area contributed by atoms with E-state index in [1.807, 2.05) is 0 Å². The lowest BCUT2D eigenvalue weighted by Gasteiger charge is -2.27. The van der Waals surface area contributed by atoms with Gasteiger partial charge in [-0.1, -0.05) is 36.0 Å². The number of hydrogen-bond acceptors (Lipinski definition) is 3. The number of rotatable bonds is 3. The minimum absolute atomic E-state index is 0.133. The van der Waals surface area contributed by atoms with Crippen LogP contribution in [0.1, 0.15) is 36.0 Å². The molecule has 1 aliphatic carbocycles. The molecule has 0 saturated heterocycles. The van der Waals surface area contributed by atoms with Crippen molar-refractivity contribution in [2.45, 2.75) is 31.8 Å². The zero-order valence-corrected chi connectivity index (χ0v) is 11.9. The second-order valence-electron chi connectivity index (χ2n) is 4.82. The second-order valence-corrected chi connectivity index (χ2v) is 5.58. The van der Waals surface area contributed by atoms with Crippen LogP contribution < -0.4 is 5.32 Å². The van der Waals surface area contributed by atoms with Gasteiger partial charge < -0.3 is 10.4 Å². The summed E-state index contributed by atoms with van der Waals surface area (Å²) in [5.41, 5.74) is 0.375. The number of carbonyl (C=O) groups excluding carboxylic acids is 1. The van der Waals surface area contributed by atoms with Crippen molar-refractivity contribution in [3.63, 3.8) is 0 Å². The molecular weight excluding hydrogens is 287 g/mol. The lowest BCUT2D eigenvalue weighted by molar-refractivity contribution is 0.0663. The molecule has 4 nitrogen and oxygen atoms in total. The molecule has 6 heteroatoms. The number of aliphatic hydroxyl groups excluding tert-OH is 1. The third-order valence-electron chi connectivity index (χ3n) is 3.45. The quantitative estimate of drug-likeness (QED) is 0.844. The van der Waals surface area contributed by atoms with Gasteiger partial charge in [-0.3, -0.25) is 4.79 Å². The Morgan fingerprint density at radius 1 is 1.42 bits per heavy atom. The number of aromatic nitrogens is 1. The van der Waals surface area contributed by atoms with Crippen molar-refractivity contribution in [3.05, 3.63) is 28.0 Å². The van der Waals surface area contributed by atoms with Gasteiger partial charge in [0.15, 0.2) is 0 Å². The zero-order valence-electron chi connectivity index (χ0n) is 10.4. The van der Waals surface area contributed by atoms with E-state index >= 15 is 0 Å². The van der Waals surface area contributed by atoms with E-state index in [4.69, 9.17) is 23.2 Å². The summed E-state index contributed by atoms with van der Waals surface area (Å²) in [4.78, 5) is 15.8. The number of nitrogens with one attached hydrogen (secondary N) is 1. The number of halogens is 2. The summed E-state index contributed by atoms with van der Waals surface area (Å²) in [7, 11) is 0. The summed E-state index contributed by atoms with van der Waals surface area (Å²) in [6.45, 7) is 0.472. The molecule has 1 aliphatic rings. The van der Waals surface area contributed by atoms with Gasteiger partial charge >= 0.3 is 0 Å². The van der Waals surface area contributed by atoms with Crippen molar-refractivity contribution in [2.75, 3.05) is 6.54 Å². The fourth-order valence-electron chi connectivity index (χ4n) is 2.30. The van der Waals surface area contributed by atoms with Gasteiger partial charge in [0.1, 0.15) is 5.15 Å². The first-order valence-corrected chi connectivity index (χ1v) is 7.11. The Hall–Kier alpha value is -0.840. The summed E-state index contributed by atoms with van der Waals surface area (Å²) in [6.07, 6.45) is 4.99. The molecular formula is C13H16Cl2N2O2. The average Bonchev–Trinajstić information content (AvgIpc) is 2.40. The molecule has 2 N–H and O–H groups in total. The predicted octanol–water partition coefficient (Wildman–Crippen LogP) is 2.67. The minimum atomic E-state index is -0.319. The molecule has 1 heterocycles. The lowest BCUT2D eigenvalue weighted by atomic mass is 9.86. The molecule has 0 aromatic carbocycles. The molecule has 1 aromatic heterocycles. The molecule has 1 aromatic rings. The second kappa shape index (κ2) is 6.55. The first kappa shape index (κ1) is 14.6. The Kier molecular flexibility index (Phi) is 5.02. The van der Waals surface area contributed by atoms with Crippen molar-refractivity contribution < 1.29 is 9.90 Å². The summed E-state index contributed by atoms with van der Waals surface area (Å²) in [6, 6.07) is 1.49. The Balaban J connectivity index is 1.91. The van der Waals surface area contributed by atoms with Crippen LogP contribution in [0.15, 0.2) is 12.3 Å². The highest BCUT2D eigenvalue weighted by Gasteiger charge is 2.23. The van der Waals surface area contributed by atoms with Gasteiger partial charge in [-0.25, -0.2) is 4.98 Å². The minimum Gasteiger partial charge on any atom is -0.393 e. The molecule has 1 fully saturated rings. The van der Waals surface area contributed by atoms with Crippen LogP contribution in [-0.4, -0.2) is 28.6 Å². The monoisotopic (exact) mass is 302 g/mol. The standard InChI is InChI=1S/C13H16Cl2N2O2/c14-10-5-9(7-16-12(10)15)13(19)17-6-8-3-1-2-4-11(8)18/h5,7-8,11,18H,1-4,6H2,(H,17,19). The number of hydrogen-bond donors (Lipinski definition) is 2. The maximum absolute atomic E-state index is 11.9. The molecule has 0 radical (unpaired) electrons. The van der Waals surface area contributed by atoms with Crippen LogP contribution in [0.5, 0.6) is 0 Å². The number of aliphatic hydroxyl groups is 1. The molecule has 2 unspecified atom stereocenters. The van der Waals surface area contributed by atoms with Crippen molar-refractivity contribution >= 4 is 29.1 Å². The number of nitrogens with zero attached hydrogens (tertiary/aromatic N) is 1. The van der Waals surface area contributed by atoms with Gasteiger partial charge in [0.2, 0.25) is 0 Å². The smallest absolute Gasteiger partial charge is 0.252 e. The molecule has 1 saturated carbocycles. The summed E-state index contributed by atoms with van der Waals surface area (Å²) < 4.78 is 0. The van der Waals surface area contributed by atoms with Gasteiger partial charge in [0.25, 0.3) is 5.91 Å². The van der Waals surface area contributed by atoms with Crippen molar-refractivity contribution in [1.29, 1.82) is 0 Å². The van der Waals surface area contributed by atoms with Crippen molar-refractivity contribution in [1.82, 2.24) is 10.3 Å². The highest BCUT2D eigenvalue weighted by Crippen LogP contribution is 2.24. The summed E-state index contributed by atoms with van der Waals surface area (Å²) >= 11 is 11.5. The Morgan fingerprint density at radius 3 is 2.84 bits per heavy atom. The highest BCUT2D eigenvalue weighted by atomic mass is 35.5. The Bertz CT molecular complexity index is 468.